The van der Waals surface area contributed by atoms with E-state index >= 15 is 0 Å². The van der Waals surface area contributed by atoms with Gasteiger partial charge < -0.3 is 0 Å². The van der Waals surface area contributed by atoms with Crippen molar-refractivity contribution in [2.45, 2.75) is 46.6 Å². The van der Waals surface area contributed by atoms with E-state index in [1.165, 1.54) is 29.1 Å². The van der Waals surface area contributed by atoms with Crippen LogP contribution in [0.4, 0.5) is 0 Å². The Kier molecular flexibility index (Phi) is 5.93. The maximum absolute atomic E-state index is 2.41. The van der Waals surface area contributed by atoms with Gasteiger partial charge in [0.25, 0.3) is 0 Å². The summed E-state index contributed by atoms with van der Waals surface area (Å²) in [7, 11) is 1.38. The molecule has 0 saturated heterocycles. The Morgan fingerprint density at radius 2 is 1.36 bits per heavy atom. The van der Waals surface area contributed by atoms with Crippen molar-refractivity contribution in [2.75, 3.05) is 0 Å². The first-order valence-electron chi connectivity index (χ1n) is 5.17. The molecular weight excluding hydrogens is 148 g/mol. The first-order valence-corrected chi connectivity index (χ1v) is 6.58. The molecule has 0 aromatic carbocycles. The van der Waals surface area contributed by atoms with E-state index in [4.69, 9.17) is 0 Å². The first-order chi connectivity index (χ1) is 5.17. The smallest absolute Gasteiger partial charge is 0.00317 e. The largest absolute Gasteiger partial charge is 0.0651 e. The molecule has 11 heavy (non-hydrogen) atoms. The van der Waals surface area contributed by atoms with Gasteiger partial charge in [0.15, 0.2) is 0 Å². The molecule has 0 bridgehead atoms. The average Bonchev–Trinajstić information content (AvgIpc) is 2.05. The lowest BCUT2D eigenvalue weighted by molar-refractivity contribution is 0.267. The Morgan fingerprint density at radius 1 is 1.00 bits per heavy atom. The fraction of sp³-hybridized carbons (Fsp3) is 1.00. The van der Waals surface area contributed by atoms with E-state index in [0.717, 1.165) is 17.8 Å². The van der Waals surface area contributed by atoms with Crippen LogP contribution in [0.1, 0.15) is 40.5 Å². The van der Waals surface area contributed by atoms with E-state index < -0.39 is 0 Å². The average molecular weight is 172 g/mol. The molecule has 2 atom stereocenters. The van der Waals surface area contributed by atoms with Crippen LogP contribution in [-0.4, -0.2) is 10.2 Å². The Bertz CT molecular complexity index is 80.9. The highest BCUT2D eigenvalue weighted by molar-refractivity contribution is 6.08. The fourth-order valence-electron chi connectivity index (χ4n) is 1.97. The van der Waals surface area contributed by atoms with E-state index in [1.807, 2.05) is 0 Å². The highest BCUT2D eigenvalue weighted by atomic mass is 28.1. The summed E-state index contributed by atoms with van der Waals surface area (Å²) in [6, 6.07) is 1.49. The summed E-state index contributed by atoms with van der Waals surface area (Å²) in [5.74, 6) is 2.90. The predicted molar refractivity (Wildman–Crippen MR) is 57.1 cm³/mol. The summed E-state index contributed by atoms with van der Waals surface area (Å²) in [5.41, 5.74) is 0. The molecule has 0 aromatic heterocycles. The molecule has 0 aliphatic rings. The van der Waals surface area contributed by atoms with Gasteiger partial charge in [0.2, 0.25) is 0 Å². The minimum Gasteiger partial charge on any atom is -0.0651 e. The van der Waals surface area contributed by atoms with Crippen LogP contribution in [-0.2, 0) is 0 Å². The fourth-order valence-corrected chi connectivity index (χ4v) is 3.58. The maximum atomic E-state index is 2.41. The number of hydrogen-bond donors (Lipinski definition) is 0. The molecule has 68 valence electrons. The van der Waals surface area contributed by atoms with Gasteiger partial charge in [-0.15, -0.1) is 0 Å². The minimum atomic E-state index is 0.947. The molecule has 0 N–H and O–H groups in total. The van der Waals surface area contributed by atoms with Crippen LogP contribution in [0.25, 0.3) is 0 Å². The summed E-state index contributed by atoms with van der Waals surface area (Å²) in [4.78, 5) is 0. The van der Waals surface area contributed by atoms with Crippen LogP contribution in [0.2, 0.25) is 6.04 Å². The summed E-state index contributed by atoms with van der Waals surface area (Å²) < 4.78 is 0. The Morgan fingerprint density at radius 3 is 1.55 bits per heavy atom. The topological polar surface area (TPSA) is 0 Å². The molecule has 1 heteroatoms. The van der Waals surface area contributed by atoms with Crippen molar-refractivity contribution >= 4 is 10.2 Å². The van der Waals surface area contributed by atoms with Gasteiger partial charge in [-0.25, -0.2) is 0 Å². The SMILES string of the molecule is CCC(C)C(C[SiH3])C(C)CC. The molecule has 0 rings (SSSR count). The van der Waals surface area contributed by atoms with E-state index in [0.29, 0.717) is 0 Å². The Hall–Kier alpha value is 0.217. The van der Waals surface area contributed by atoms with Crippen LogP contribution in [0, 0.1) is 17.8 Å². The van der Waals surface area contributed by atoms with Gasteiger partial charge in [0, 0.05) is 10.2 Å². The van der Waals surface area contributed by atoms with Crippen LogP contribution >= 0.6 is 0 Å². The molecule has 0 aromatic rings. The van der Waals surface area contributed by atoms with Gasteiger partial charge in [0.1, 0.15) is 0 Å². The van der Waals surface area contributed by atoms with Crippen molar-refractivity contribution in [1.29, 1.82) is 0 Å². The van der Waals surface area contributed by atoms with Gasteiger partial charge in [-0.3, -0.25) is 0 Å². The van der Waals surface area contributed by atoms with E-state index in [1.54, 1.807) is 0 Å². The highest BCUT2D eigenvalue weighted by Crippen LogP contribution is 2.28. The van der Waals surface area contributed by atoms with Crippen LogP contribution in [0.5, 0.6) is 0 Å². The second kappa shape index (κ2) is 5.82. The molecule has 0 aliphatic carbocycles. The predicted octanol–water partition coefficient (Wildman–Crippen LogP) is 2.48. The monoisotopic (exact) mass is 172 g/mol. The van der Waals surface area contributed by atoms with Gasteiger partial charge in [-0.1, -0.05) is 46.6 Å². The minimum absolute atomic E-state index is 0.947. The van der Waals surface area contributed by atoms with Gasteiger partial charge >= 0.3 is 0 Å². The molecule has 0 fully saturated rings. The zero-order valence-electron chi connectivity index (χ0n) is 8.85. The lowest BCUT2D eigenvalue weighted by atomic mass is 9.82. The van der Waals surface area contributed by atoms with E-state index in [9.17, 15) is 0 Å². The molecule has 0 amide bonds. The second-order valence-corrected chi connectivity index (χ2v) is 4.66. The third kappa shape index (κ3) is 3.41. The number of rotatable bonds is 5. The maximum Gasteiger partial charge on any atom is 0.00317 e. The third-order valence-corrected chi connectivity index (χ3v) is 4.16. The Labute approximate surface area is 75.2 Å². The van der Waals surface area contributed by atoms with Gasteiger partial charge in [0.05, 0.1) is 0 Å². The quantitative estimate of drug-likeness (QED) is 0.559. The van der Waals surface area contributed by atoms with E-state index in [-0.39, 0.29) is 0 Å². The van der Waals surface area contributed by atoms with Gasteiger partial charge in [-0.05, 0) is 17.8 Å². The van der Waals surface area contributed by atoms with Crippen molar-refractivity contribution in [3.63, 3.8) is 0 Å². The zero-order valence-corrected chi connectivity index (χ0v) is 10.9. The number of hydrogen-bond acceptors (Lipinski definition) is 0. The summed E-state index contributed by atoms with van der Waals surface area (Å²) in [6.45, 7) is 9.46. The molecule has 0 aliphatic heterocycles. The molecule has 0 heterocycles. The second-order valence-electron chi connectivity index (χ2n) is 3.84. The van der Waals surface area contributed by atoms with E-state index in [2.05, 4.69) is 27.7 Å². The van der Waals surface area contributed by atoms with Crippen molar-refractivity contribution in [3.8, 4) is 0 Å². The van der Waals surface area contributed by atoms with Gasteiger partial charge in [-0.2, -0.15) is 0 Å². The summed E-state index contributed by atoms with van der Waals surface area (Å²) >= 11 is 0. The standard InChI is InChI=1S/C10H24Si/c1-5-8(3)10(7-11)9(4)6-2/h8-10H,5-7H2,1-4,11H3. The molecule has 0 nitrogen and oxygen atoms in total. The summed E-state index contributed by atoms with van der Waals surface area (Å²) in [6.07, 6.45) is 2.72. The lowest BCUT2D eigenvalue weighted by Crippen LogP contribution is -2.18. The van der Waals surface area contributed by atoms with Crippen molar-refractivity contribution in [2.24, 2.45) is 17.8 Å². The molecule has 0 saturated carbocycles. The molecule has 0 radical (unpaired) electrons. The Balaban J connectivity index is 3.92. The third-order valence-electron chi connectivity index (χ3n) is 3.22. The summed E-state index contributed by atoms with van der Waals surface area (Å²) in [5, 5.41) is 0. The molecule has 2 unspecified atom stereocenters. The van der Waals surface area contributed by atoms with Crippen molar-refractivity contribution < 1.29 is 0 Å². The highest BCUT2D eigenvalue weighted by Gasteiger charge is 2.18. The molecular formula is C10H24Si. The van der Waals surface area contributed by atoms with Crippen LogP contribution < -0.4 is 0 Å². The van der Waals surface area contributed by atoms with Crippen molar-refractivity contribution in [1.82, 2.24) is 0 Å². The lowest BCUT2D eigenvalue weighted by Gasteiger charge is -2.27. The van der Waals surface area contributed by atoms with Crippen molar-refractivity contribution in [3.05, 3.63) is 0 Å². The van der Waals surface area contributed by atoms with Crippen LogP contribution in [0.3, 0.4) is 0 Å². The van der Waals surface area contributed by atoms with Crippen LogP contribution in [0.15, 0.2) is 0 Å². The first kappa shape index (κ1) is 11.2. The normalized spacial score (nSPS) is 19.6. The molecule has 0 spiro atoms. The zero-order chi connectivity index (χ0) is 8.85.